The summed E-state index contributed by atoms with van der Waals surface area (Å²) in [7, 11) is 0. The van der Waals surface area contributed by atoms with Gasteiger partial charge in [0.1, 0.15) is 5.58 Å². The van der Waals surface area contributed by atoms with Gasteiger partial charge in [0.15, 0.2) is 11.2 Å². The molecule has 0 aliphatic carbocycles. The number of rotatable bonds is 3. The number of piperazine rings is 1. The second-order valence-electron chi connectivity index (χ2n) is 8.44. The predicted molar refractivity (Wildman–Crippen MR) is 136 cm³/mol. The molecule has 4 aromatic rings. The minimum atomic E-state index is -0.309. The van der Waals surface area contributed by atoms with Crippen LogP contribution in [0.25, 0.3) is 11.0 Å². The number of halogens is 2. The lowest BCUT2D eigenvalue weighted by molar-refractivity contribution is 0.0690. The molecule has 2 heterocycles. The molecule has 172 valence electrons. The summed E-state index contributed by atoms with van der Waals surface area (Å²) in [6, 6.07) is 21.7. The Morgan fingerprint density at radius 3 is 2.50 bits per heavy atom. The van der Waals surface area contributed by atoms with Gasteiger partial charge >= 0.3 is 0 Å². The zero-order valence-electron chi connectivity index (χ0n) is 18.5. The van der Waals surface area contributed by atoms with E-state index in [0.29, 0.717) is 40.6 Å². The Kier molecular flexibility index (Phi) is 6.07. The molecule has 0 spiro atoms. The van der Waals surface area contributed by atoms with Gasteiger partial charge in [-0.15, -0.1) is 0 Å². The average Bonchev–Trinajstić information content (AvgIpc) is 2.84. The average molecular weight is 493 g/mol. The molecule has 0 bridgehead atoms. The van der Waals surface area contributed by atoms with Crippen molar-refractivity contribution in [3.8, 4) is 0 Å². The van der Waals surface area contributed by atoms with E-state index < -0.39 is 0 Å². The molecule has 1 atom stereocenters. The number of amides is 1. The van der Waals surface area contributed by atoms with E-state index in [9.17, 15) is 9.59 Å². The van der Waals surface area contributed by atoms with Gasteiger partial charge in [-0.3, -0.25) is 9.59 Å². The predicted octanol–water partition coefficient (Wildman–Crippen LogP) is 6.11. The third kappa shape index (κ3) is 4.29. The minimum Gasteiger partial charge on any atom is -0.451 e. The molecule has 0 N–H and O–H groups in total. The highest BCUT2D eigenvalue weighted by Crippen LogP contribution is 2.36. The van der Waals surface area contributed by atoms with E-state index in [-0.39, 0.29) is 23.1 Å². The van der Waals surface area contributed by atoms with E-state index >= 15 is 0 Å². The zero-order valence-corrected chi connectivity index (χ0v) is 20.0. The first kappa shape index (κ1) is 22.5. The SMILES string of the molecule is Cc1ccc(N2CCN(C(=O)c3cc(=O)c4ccccc4o3)CC2c2ccc(Cl)cc2)c(Cl)c1. The molecule has 7 heteroatoms. The maximum Gasteiger partial charge on any atom is 0.289 e. The van der Waals surface area contributed by atoms with Crippen LogP contribution in [0.4, 0.5) is 5.69 Å². The van der Waals surface area contributed by atoms with E-state index in [4.69, 9.17) is 27.6 Å². The zero-order chi connectivity index (χ0) is 23.8. The normalized spacial score (nSPS) is 16.1. The number of fused-ring (bicyclic) bond motifs is 1. The fraction of sp³-hybridized carbons (Fsp3) is 0.185. The molecular formula is C27H22Cl2N2O3. The van der Waals surface area contributed by atoms with Crippen LogP contribution in [0.3, 0.4) is 0 Å². The highest BCUT2D eigenvalue weighted by molar-refractivity contribution is 6.33. The number of aryl methyl sites for hydroxylation is 1. The minimum absolute atomic E-state index is 0.0420. The summed E-state index contributed by atoms with van der Waals surface area (Å²) in [5.74, 6) is -0.267. The van der Waals surface area contributed by atoms with Crippen molar-refractivity contribution in [1.29, 1.82) is 0 Å². The third-order valence-corrected chi connectivity index (χ3v) is 6.74. The summed E-state index contributed by atoms with van der Waals surface area (Å²) in [4.78, 5) is 29.9. The summed E-state index contributed by atoms with van der Waals surface area (Å²) >= 11 is 12.7. The van der Waals surface area contributed by atoms with Crippen LogP contribution in [0.2, 0.25) is 10.0 Å². The topological polar surface area (TPSA) is 53.8 Å². The van der Waals surface area contributed by atoms with Crippen molar-refractivity contribution in [2.24, 2.45) is 0 Å². The lowest BCUT2D eigenvalue weighted by atomic mass is 10.0. The quantitative estimate of drug-likeness (QED) is 0.346. The molecule has 1 fully saturated rings. The second kappa shape index (κ2) is 9.16. The van der Waals surface area contributed by atoms with Crippen molar-refractivity contribution in [3.05, 3.63) is 110 Å². The van der Waals surface area contributed by atoms with Crippen molar-refractivity contribution < 1.29 is 9.21 Å². The largest absolute Gasteiger partial charge is 0.451 e. The van der Waals surface area contributed by atoms with E-state index in [0.717, 1.165) is 16.8 Å². The van der Waals surface area contributed by atoms with Crippen LogP contribution >= 0.6 is 23.2 Å². The van der Waals surface area contributed by atoms with Gasteiger partial charge in [0.2, 0.25) is 0 Å². The first-order valence-corrected chi connectivity index (χ1v) is 11.8. The molecule has 5 rings (SSSR count). The van der Waals surface area contributed by atoms with Crippen LogP contribution in [0.15, 0.2) is 82.0 Å². The Hall–Kier alpha value is -3.28. The molecular weight excluding hydrogens is 471 g/mol. The van der Waals surface area contributed by atoms with Gasteiger partial charge in [0.05, 0.1) is 22.1 Å². The molecule has 0 radical (unpaired) electrons. The van der Waals surface area contributed by atoms with Gasteiger partial charge in [0.25, 0.3) is 5.91 Å². The standard InChI is InChI=1S/C27H22Cl2N2O3/c1-17-6-11-22(21(29)14-17)31-13-12-30(16-23(31)18-7-9-19(28)10-8-18)27(33)26-15-24(32)20-4-2-3-5-25(20)34-26/h2-11,14-15,23H,12-13,16H2,1H3. The Bertz CT molecular complexity index is 1430. The number of hydrogen-bond donors (Lipinski definition) is 0. The molecule has 0 saturated carbocycles. The number of benzene rings is 3. The van der Waals surface area contributed by atoms with Crippen LogP contribution in [-0.4, -0.2) is 30.4 Å². The van der Waals surface area contributed by atoms with Crippen LogP contribution < -0.4 is 10.3 Å². The third-order valence-electron chi connectivity index (χ3n) is 6.18. The summed E-state index contributed by atoms with van der Waals surface area (Å²) < 4.78 is 5.81. The molecule has 5 nitrogen and oxygen atoms in total. The Morgan fingerprint density at radius 2 is 1.74 bits per heavy atom. The Balaban J connectivity index is 1.50. The van der Waals surface area contributed by atoms with Gasteiger partial charge in [-0.05, 0) is 54.4 Å². The first-order chi connectivity index (χ1) is 16.4. The fourth-order valence-electron chi connectivity index (χ4n) is 4.44. The van der Waals surface area contributed by atoms with Crippen molar-refractivity contribution in [1.82, 2.24) is 4.90 Å². The maximum absolute atomic E-state index is 13.4. The highest BCUT2D eigenvalue weighted by atomic mass is 35.5. The lowest BCUT2D eigenvalue weighted by Crippen LogP contribution is -2.50. The molecule has 1 aromatic heterocycles. The van der Waals surface area contributed by atoms with Crippen molar-refractivity contribution in [2.45, 2.75) is 13.0 Å². The van der Waals surface area contributed by atoms with Gasteiger partial charge in [-0.2, -0.15) is 0 Å². The van der Waals surface area contributed by atoms with Gasteiger partial charge in [0, 0.05) is 30.7 Å². The number of para-hydroxylation sites is 1. The van der Waals surface area contributed by atoms with Crippen molar-refractivity contribution >= 4 is 45.8 Å². The first-order valence-electron chi connectivity index (χ1n) is 11.0. The summed E-state index contributed by atoms with van der Waals surface area (Å²) in [5, 5.41) is 1.77. The molecule has 34 heavy (non-hydrogen) atoms. The molecule has 1 aliphatic rings. The van der Waals surface area contributed by atoms with Crippen LogP contribution in [-0.2, 0) is 0 Å². The number of carbonyl (C=O) groups excluding carboxylic acids is 1. The number of nitrogens with zero attached hydrogens (tertiary/aromatic N) is 2. The van der Waals surface area contributed by atoms with Gasteiger partial charge in [-0.25, -0.2) is 0 Å². The van der Waals surface area contributed by atoms with E-state index in [2.05, 4.69) is 4.90 Å². The molecule has 1 unspecified atom stereocenters. The molecule has 1 aliphatic heterocycles. The van der Waals surface area contributed by atoms with Crippen LogP contribution in [0.5, 0.6) is 0 Å². The summed E-state index contributed by atoms with van der Waals surface area (Å²) in [6.07, 6.45) is 0. The molecule has 1 saturated heterocycles. The number of hydrogen-bond acceptors (Lipinski definition) is 4. The van der Waals surface area contributed by atoms with E-state index in [1.165, 1.54) is 6.07 Å². The van der Waals surface area contributed by atoms with Gasteiger partial charge < -0.3 is 14.2 Å². The smallest absolute Gasteiger partial charge is 0.289 e. The highest BCUT2D eigenvalue weighted by Gasteiger charge is 2.33. The molecule has 1 amide bonds. The monoisotopic (exact) mass is 492 g/mol. The maximum atomic E-state index is 13.4. The van der Waals surface area contributed by atoms with Crippen molar-refractivity contribution in [3.63, 3.8) is 0 Å². The lowest BCUT2D eigenvalue weighted by Gasteiger charge is -2.43. The van der Waals surface area contributed by atoms with E-state index in [1.54, 1.807) is 29.2 Å². The number of carbonyl (C=O) groups is 1. The summed E-state index contributed by atoms with van der Waals surface area (Å²) in [5.41, 5.74) is 3.18. The Labute approximate surface area is 207 Å². The van der Waals surface area contributed by atoms with E-state index in [1.807, 2.05) is 49.4 Å². The van der Waals surface area contributed by atoms with Crippen LogP contribution in [0, 0.1) is 6.92 Å². The van der Waals surface area contributed by atoms with Crippen LogP contribution in [0.1, 0.15) is 27.7 Å². The second-order valence-corrected chi connectivity index (χ2v) is 9.28. The summed E-state index contributed by atoms with van der Waals surface area (Å²) in [6.45, 7) is 3.44. The Morgan fingerprint density at radius 1 is 0.971 bits per heavy atom. The fourth-order valence-corrected chi connectivity index (χ4v) is 4.91. The van der Waals surface area contributed by atoms with Gasteiger partial charge in [-0.1, -0.05) is 53.5 Å². The number of anilines is 1. The molecule has 3 aromatic carbocycles. The van der Waals surface area contributed by atoms with Crippen molar-refractivity contribution in [2.75, 3.05) is 24.5 Å².